The van der Waals surface area contributed by atoms with E-state index in [1.54, 1.807) is 6.20 Å². The Morgan fingerprint density at radius 3 is 2.53 bits per heavy atom. The summed E-state index contributed by atoms with van der Waals surface area (Å²) in [4.78, 5) is 8.89. The van der Waals surface area contributed by atoms with Crippen molar-refractivity contribution < 1.29 is 17.1 Å². The van der Waals surface area contributed by atoms with Gasteiger partial charge in [-0.05, 0) is 44.0 Å². The minimum atomic E-state index is 0. The van der Waals surface area contributed by atoms with Gasteiger partial charge < -0.3 is 0 Å². The molecule has 0 saturated carbocycles. The van der Waals surface area contributed by atoms with Gasteiger partial charge in [-0.15, -0.1) is 0 Å². The molecule has 0 amide bonds. The molecule has 0 aliphatic carbocycles. The van der Waals surface area contributed by atoms with E-state index in [-0.39, 0.29) is 17.1 Å². The standard InChI is InChI=1S/C12H6Br2N2.Cu/c13-9-6-8-4-3-7-2-1-5-15-10(7)11(8)16-12(9)14;/h1-6H;. The van der Waals surface area contributed by atoms with Crippen molar-refractivity contribution in [3.63, 3.8) is 0 Å². The summed E-state index contributed by atoms with van der Waals surface area (Å²) in [6.07, 6.45) is 1.79. The molecule has 0 aliphatic heterocycles. The van der Waals surface area contributed by atoms with Gasteiger partial charge in [0.05, 0.1) is 15.5 Å². The summed E-state index contributed by atoms with van der Waals surface area (Å²) in [5.41, 5.74) is 1.86. The van der Waals surface area contributed by atoms with E-state index in [4.69, 9.17) is 0 Å². The Hall–Kier alpha value is -0.481. The molecule has 0 N–H and O–H groups in total. The van der Waals surface area contributed by atoms with Crippen molar-refractivity contribution in [3.05, 3.63) is 45.6 Å². The van der Waals surface area contributed by atoms with E-state index in [1.807, 2.05) is 18.2 Å². The molecule has 2 nitrogen and oxygen atoms in total. The molecule has 0 bridgehead atoms. The fraction of sp³-hybridized carbons (Fsp3) is 0. The number of aromatic nitrogens is 2. The number of hydrogen-bond acceptors (Lipinski definition) is 2. The molecule has 0 saturated heterocycles. The van der Waals surface area contributed by atoms with Crippen LogP contribution < -0.4 is 0 Å². The van der Waals surface area contributed by atoms with E-state index in [9.17, 15) is 0 Å². The second kappa shape index (κ2) is 5.02. The molecule has 0 spiro atoms. The summed E-state index contributed by atoms with van der Waals surface area (Å²) < 4.78 is 1.76. The van der Waals surface area contributed by atoms with Crippen LogP contribution in [0.4, 0.5) is 0 Å². The van der Waals surface area contributed by atoms with Crippen molar-refractivity contribution in [3.8, 4) is 0 Å². The van der Waals surface area contributed by atoms with Crippen molar-refractivity contribution in [2.45, 2.75) is 0 Å². The first kappa shape index (κ1) is 13.0. The van der Waals surface area contributed by atoms with Gasteiger partial charge in [0, 0.05) is 34.0 Å². The normalized spacial score (nSPS) is 10.5. The minimum absolute atomic E-state index is 0. The van der Waals surface area contributed by atoms with Gasteiger partial charge in [-0.2, -0.15) is 0 Å². The number of halogens is 2. The van der Waals surface area contributed by atoms with Crippen LogP contribution in [0.1, 0.15) is 0 Å². The molecule has 3 aromatic rings. The Bertz CT molecular complexity index is 700. The molecular formula is C12H6Br2CuN2. The molecule has 5 heteroatoms. The zero-order chi connectivity index (χ0) is 11.1. The van der Waals surface area contributed by atoms with E-state index in [0.29, 0.717) is 0 Å². The summed E-state index contributed by atoms with van der Waals surface area (Å²) >= 11 is 6.87. The molecule has 0 aliphatic rings. The first-order valence-electron chi connectivity index (χ1n) is 4.75. The predicted octanol–water partition coefficient (Wildman–Crippen LogP) is 4.31. The first-order chi connectivity index (χ1) is 7.75. The van der Waals surface area contributed by atoms with Crippen LogP contribution in [0, 0.1) is 0 Å². The second-order valence-corrected chi connectivity index (χ2v) is 5.08. The van der Waals surface area contributed by atoms with Crippen LogP contribution in [-0.2, 0) is 17.1 Å². The van der Waals surface area contributed by atoms with Gasteiger partial charge in [0.25, 0.3) is 0 Å². The molecule has 0 fully saturated rings. The van der Waals surface area contributed by atoms with Gasteiger partial charge in [0.1, 0.15) is 4.60 Å². The monoisotopic (exact) mass is 399 g/mol. The summed E-state index contributed by atoms with van der Waals surface area (Å²) in [5, 5.41) is 2.19. The first-order valence-corrected chi connectivity index (χ1v) is 6.34. The van der Waals surface area contributed by atoms with Crippen LogP contribution in [0.15, 0.2) is 45.6 Å². The Morgan fingerprint density at radius 1 is 0.941 bits per heavy atom. The number of fused-ring (bicyclic) bond motifs is 3. The molecule has 2 aromatic heterocycles. The van der Waals surface area contributed by atoms with Crippen LogP contribution >= 0.6 is 31.9 Å². The SMILES string of the molecule is Brc1cc2ccc3cccnc3c2nc1Br.[Cu]. The van der Waals surface area contributed by atoms with E-state index in [0.717, 1.165) is 30.9 Å². The molecule has 0 atom stereocenters. The number of rotatable bonds is 0. The largest absolute Gasteiger partial charge is 0.254 e. The molecule has 1 aromatic carbocycles. The average Bonchev–Trinajstić information content (AvgIpc) is 2.31. The van der Waals surface area contributed by atoms with Gasteiger partial charge in [0.15, 0.2) is 0 Å². The third-order valence-corrected chi connectivity index (χ3v) is 4.21. The summed E-state index contributed by atoms with van der Waals surface area (Å²) in [6.45, 7) is 0. The molecular weight excluding hydrogens is 395 g/mol. The van der Waals surface area contributed by atoms with E-state index >= 15 is 0 Å². The van der Waals surface area contributed by atoms with Gasteiger partial charge >= 0.3 is 0 Å². The Labute approximate surface area is 126 Å². The van der Waals surface area contributed by atoms with Gasteiger partial charge in [-0.1, -0.05) is 18.2 Å². The van der Waals surface area contributed by atoms with Gasteiger partial charge in [-0.3, -0.25) is 4.98 Å². The van der Waals surface area contributed by atoms with Crippen molar-refractivity contribution in [1.29, 1.82) is 0 Å². The third-order valence-electron chi connectivity index (χ3n) is 2.47. The molecule has 3 rings (SSSR count). The van der Waals surface area contributed by atoms with E-state index in [1.165, 1.54) is 0 Å². The maximum Gasteiger partial charge on any atom is 0.121 e. The van der Waals surface area contributed by atoms with Crippen molar-refractivity contribution in [2.75, 3.05) is 0 Å². The summed E-state index contributed by atoms with van der Waals surface area (Å²) in [6, 6.07) is 10.1. The third kappa shape index (κ3) is 2.25. The van der Waals surface area contributed by atoms with Crippen molar-refractivity contribution in [2.24, 2.45) is 0 Å². The summed E-state index contributed by atoms with van der Waals surface area (Å²) in [5.74, 6) is 0. The Kier molecular flexibility index (Phi) is 3.83. The topological polar surface area (TPSA) is 25.8 Å². The van der Waals surface area contributed by atoms with Crippen molar-refractivity contribution in [1.82, 2.24) is 9.97 Å². The minimum Gasteiger partial charge on any atom is -0.254 e. The fourth-order valence-electron chi connectivity index (χ4n) is 1.73. The van der Waals surface area contributed by atoms with E-state index in [2.05, 4.69) is 54.0 Å². The van der Waals surface area contributed by atoms with E-state index < -0.39 is 0 Å². The molecule has 1 radical (unpaired) electrons. The van der Waals surface area contributed by atoms with Gasteiger partial charge in [0.2, 0.25) is 0 Å². The Balaban J connectivity index is 0.00000108. The number of pyridine rings is 2. The van der Waals surface area contributed by atoms with Gasteiger partial charge in [-0.25, -0.2) is 4.98 Å². The van der Waals surface area contributed by atoms with Crippen molar-refractivity contribution >= 4 is 53.7 Å². The zero-order valence-corrected chi connectivity index (χ0v) is 12.5. The smallest absolute Gasteiger partial charge is 0.121 e. The average molecular weight is 402 g/mol. The Morgan fingerprint density at radius 2 is 1.71 bits per heavy atom. The molecule has 2 heterocycles. The second-order valence-electron chi connectivity index (χ2n) is 3.47. The van der Waals surface area contributed by atoms with Crippen LogP contribution in [0.2, 0.25) is 0 Å². The quantitative estimate of drug-likeness (QED) is 0.319. The summed E-state index contributed by atoms with van der Waals surface area (Å²) in [7, 11) is 0. The molecule has 17 heavy (non-hydrogen) atoms. The van der Waals surface area contributed by atoms with Crippen LogP contribution in [0.25, 0.3) is 21.8 Å². The predicted molar refractivity (Wildman–Crippen MR) is 72.4 cm³/mol. The fourth-order valence-corrected chi connectivity index (χ4v) is 2.35. The number of benzene rings is 1. The molecule has 89 valence electrons. The maximum atomic E-state index is 4.51. The van der Waals surface area contributed by atoms with Crippen LogP contribution in [0.3, 0.4) is 0 Å². The zero-order valence-electron chi connectivity index (χ0n) is 8.42. The number of hydrogen-bond donors (Lipinski definition) is 0. The molecule has 0 unspecified atom stereocenters. The van der Waals surface area contributed by atoms with Crippen LogP contribution in [0.5, 0.6) is 0 Å². The van der Waals surface area contributed by atoms with Crippen LogP contribution in [-0.4, -0.2) is 9.97 Å². The number of nitrogens with zero attached hydrogens (tertiary/aromatic N) is 2. The maximum absolute atomic E-state index is 4.51.